The van der Waals surface area contributed by atoms with Crippen LogP contribution in [0.2, 0.25) is 0 Å². The Kier molecular flexibility index (Phi) is 3.84. The molecule has 2 heterocycles. The second kappa shape index (κ2) is 5.55. The third-order valence-electron chi connectivity index (χ3n) is 3.08. The summed E-state index contributed by atoms with van der Waals surface area (Å²) < 4.78 is 0. The summed E-state index contributed by atoms with van der Waals surface area (Å²) in [4.78, 5) is 28.8. The minimum Gasteiger partial charge on any atom is -0.397 e. The van der Waals surface area contributed by atoms with Crippen LogP contribution >= 0.6 is 0 Å². The summed E-state index contributed by atoms with van der Waals surface area (Å²) >= 11 is 0. The van der Waals surface area contributed by atoms with Gasteiger partial charge in [-0.15, -0.1) is 0 Å². The number of amides is 2. The lowest BCUT2D eigenvalue weighted by Gasteiger charge is -2.15. The van der Waals surface area contributed by atoms with E-state index in [1.165, 1.54) is 12.3 Å². The standard InChI is InChI=1S/C12H17N5O2/c13-9-6-15-10(5-8(9)12(14)19)16-7-11(18)17-3-1-2-4-17/h5-6H,1-4,7,13H2,(H2,14,19)(H,15,16). The average molecular weight is 263 g/mol. The zero-order chi connectivity index (χ0) is 13.8. The Morgan fingerprint density at radius 2 is 2.05 bits per heavy atom. The molecule has 19 heavy (non-hydrogen) atoms. The molecule has 2 rings (SSSR count). The SMILES string of the molecule is NC(=O)c1cc(NCC(=O)N2CCCC2)ncc1N. The van der Waals surface area contributed by atoms with E-state index in [1.54, 1.807) is 4.90 Å². The highest BCUT2D eigenvalue weighted by atomic mass is 16.2. The predicted octanol–water partition coefficient (Wildman–Crippen LogP) is -0.203. The van der Waals surface area contributed by atoms with Crippen LogP contribution < -0.4 is 16.8 Å². The maximum absolute atomic E-state index is 11.8. The third-order valence-corrected chi connectivity index (χ3v) is 3.08. The number of nitrogens with one attached hydrogen (secondary N) is 1. The highest BCUT2D eigenvalue weighted by Crippen LogP contribution is 2.14. The van der Waals surface area contributed by atoms with E-state index in [2.05, 4.69) is 10.3 Å². The molecule has 0 atom stereocenters. The van der Waals surface area contributed by atoms with Gasteiger partial charge in [0.2, 0.25) is 5.91 Å². The number of nitrogen functional groups attached to an aromatic ring is 1. The van der Waals surface area contributed by atoms with Crippen molar-refractivity contribution >= 4 is 23.3 Å². The number of rotatable bonds is 4. The summed E-state index contributed by atoms with van der Waals surface area (Å²) in [7, 11) is 0. The molecular formula is C12H17N5O2. The second-order valence-corrected chi connectivity index (χ2v) is 4.46. The first-order chi connectivity index (χ1) is 9.08. The molecule has 7 nitrogen and oxygen atoms in total. The lowest BCUT2D eigenvalue weighted by Crippen LogP contribution is -2.33. The van der Waals surface area contributed by atoms with Gasteiger partial charge in [0.1, 0.15) is 5.82 Å². The molecule has 0 unspecified atom stereocenters. The molecule has 1 fully saturated rings. The van der Waals surface area contributed by atoms with Gasteiger partial charge < -0.3 is 21.7 Å². The fraction of sp³-hybridized carbons (Fsp3) is 0.417. The molecule has 0 spiro atoms. The lowest BCUT2D eigenvalue weighted by molar-refractivity contribution is -0.128. The van der Waals surface area contributed by atoms with Gasteiger partial charge in [0.05, 0.1) is 24.0 Å². The Bertz CT molecular complexity index is 497. The topological polar surface area (TPSA) is 114 Å². The van der Waals surface area contributed by atoms with Gasteiger partial charge in [-0.1, -0.05) is 0 Å². The van der Waals surface area contributed by atoms with Crippen LogP contribution in [0.1, 0.15) is 23.2 Å². The summed E-state index contributed by atoms with van der Waals surface area (Å²) in [6.07, 6.45) is 3.46. The van der Waals surface area contributed by atoms with Crippen molar-refractivity contribution in [3.8, 4) is 0 Å². The highest BCUT2D eigenvalue weighted by molar-refractivity contribution is 5.98. The molecule has 0 bridgehead atoms. The van der Waals surface area contributed by atoms with Crippen molar-refractivity contribution in [3.05, 3.63) is 17.8 Å². The van der Waals surface area contributed by atoms with Crippen LogP contribution in [-0.4, -0.2) is 41.3 Å². The number of anilines is 2. The fourth-order valence-corrected chi connectivity index (χ4v) is 2.02. The Hall–Kier alpha value is -2.31. The number of likely N-dealkylation sites (tertiary alicyclic amines) is 1. The van der Waals surface area contributed by atoms with E-state index in [0.717, 1.165) is 25.9 Å². The Morgan fingerprint density at radius 1 is 1.37 bits per heavy atom. The first kappa shape index (κ1) is 13.1. The minimum atomic E-state index is -0.617. The van der Waals surface area contributed by atoms with Crippen molar-refractivity contribution in [1.29, 1.82) is 0 Å². The van der Waals surface area contributed by atoms with Crippen molar-refractivity contribution in [2.75, 3.05) is 30.7 Å². The van der Waals surface area contributed by atoms with E-state index in [0.29, 0.717) is 5.82 Å². The number of nitrogens with zero attached hydrogens (tertiary/aromatic N) is 2. The zero-order valence-electron chi connectivity index (χ0n) is 10.6. The first-order valence-electron chi connectivity index (χ1n) is 6.15. The van der Waals surface area contributed by atoms with E-state index >= 15 is 0 Å². The Labute approximate surface area is 111 Å². The van der Waals surface area contributed by atoms with Crippen LogP contribution in [-0.2, 0) is 4.79 Å². The molecule has 2 amide bonds. The van der Waals surface area contributed by atoms with Crippen LogP contribution in [0.5, 0.6) is 0 Å². The largest absolute Gasteiger partial charge is 0.397 e. The van der Waals surface area contributed by atoms with Crippen LogP contribution in [0.4, 0.5) is 11.5 Å². The molecular weight excluding hydrogens is 246 g/mol. The Morgan fingerprint density at radius 3 is 2.68 bits per heavy atom. The van der Waals surface area contributed by atoms with Crippen LogP contribution in [0, 0.1) is 0 Å². The normalized spacial score (nSPS) is 14.4. The molecule has 0 radical (unpaired) electrons. The summed E-state index contributed by atoms with van der Waals surface area (Å²) in [6.45, 7) is 1.76. The summed E-state index contributed by atoms with van der Waals surface area (Å²) in [5, 5.41) is 2.88. The second-order valence-electron chi connectivity index (χ2n) is 4.46. The minimum absolute atomic E-state index is 0.0248. The summed E-state index contributed by atoms with van der Waals surface area (Å²) in [6, 6.07) is 1.45. The number of hydrogen-bond donors (Lipinski definition) is 3. The lowest BCUT2D eigenvalue weighted by atomic mass is 10.2. The van der Waals surface area contributed by atoms with Gasteiger partial charge in [0.15, 0.2) is 0 Å². The molecule has 0 aromatic carbocycles. The van der Waals surface area contributed by atoms with E-state index in [4.69, 9.17) is 11.5 Å². The number of carbonyl (C=O) groups excluding carboxylic acids is 2. The molecule has 1 aliphatic rings. The molecule has 0 aliphatic carbocycles. The van der Waals surface area contributed by atoms with Crippen molar-refractivity contribution in [2.24, 2.45) is 5.73 Å². The van der Waals surface area contributed by atoms with Gasteiger partial charge in [-0.2, -0.15) is 0 Å². The number of aromatic nitrogens is 1. The molecule has 7 heteroatoms. The molecule has 1 aliphatic heterocycles. The molecule has 5 N–H and O–H groups in total. The Balaban J connectivity index is 1.97. The van der Waals surface area contributed by atoms with Gasteiger partial charge in [-0.05, 0) is 18.9 Å². The quantitative estimate of drug-likeness (QED) is 0.695. The molecule has 102 valence electrons. The molecule has 1 aromatic rings. The van der Waals surface area contributed by atoms with Gasteiger partial charge >= 0.3 is 0 Å². The van der Waals surface area contributed by atoms with Crippen LogP contribution in [0.25, 0.3) is 0 Å². The average Bonchev–Trinajstić information content (AvgIpc) is 2.91. The molecule has 0 saturated carbocycles. The molecule has 1 saturated heterocycles. The van der Waals surface area contributed by atoms with Gasteiger partial charge in [-0.3, -0.25) is 9.59 Å². The molecule has 1 aromatic heterocycles. The number of primary amides is 1. The number of pyridine rings is 1. The van der Waals surface area contributed by atoms with Gasteiger partial charge in [-0.25, -0.2) is 4.98 Å². The van der Waals surface area contributed by atoms with Crippen molar-refractivity contribution in [1.82, 2.24) is 9.88 Å². The number of nitrogens with two attached hydrogens (primary N) is 2. The third kappa shape index (κ3) is 3.12. The summed E-state index contributed by atoms with van der Waals surface area (Å²) in [5.74, 6) is -0.180. The smallest absolute Gasteiger partial charge is 0.250 e. The van der Waals surface area contributed by atoms with Crippen molar-refractivity contribution < 1.29 is 9.59 Å². The fourth-order valence-electron chi connectivity index (χ4n) is 2.02. The van der Waals surface area contributed by atoms with Crippen LogP contribution in [0.15, 0.2) is 12.3 Å². The van der Waals surface area contributed by atoms with Crippen LogP contribution in [0.3, 0.4) is 0 Å². The highest BCUT2D eigenvalue weighted by Gasteiger charge is 2.17. The van der Waals surface area contributed by atoms with Gasteiger partial charge in [0.25, 0.3) is 5.91 Å². The van der Waals surface area contributed by atoms with E-state index in [-0.39, 0.29) is 23.7 Å². The zero-order valence-corrected chi connectivity index (χ0v) is 10.6. The van der Waals surface area contributed by atoms with E-state index in [9.17, 15) is 9.59 Å². The monoisotopic (exact) mass is 263 g/mol. The van der Waals surface area contributed by atoms with E-state index < -0.39 is 5.91 Å². The maximum Gasteiger partial charge on any atom is 0.250 e. The van der Waals surface area contributed by atoms with E-state index in [1.807, 2.05) is 0 Å². The first-order valence-corrected chi connectivity index (χ1v) is 6.15. The van der Waals surface area contributed by atoms with Crippen molar-refractivity contribution in [2.45, 2.75) is 12.8 Å². The summed E-state index contributed by atoms with van der Waals surface area (Å²) in [5.41, 5.74) is 11.2. The van der Waals surface area contributed by atoms with Crippen molar-refractivity contribution in [3.63, 3.8) is 0 Å². The number of carbonyl (C=O) groups is 2. The van der Waals surface area contributed by atoms with Gasteiger partial charge in [0, 0.05) is 13.1 Å². The predicted molar refractivity (Wildman–Crippen MR) is 71.5 cm³/mol. The number of hydrogen-bond acceptors (Lipinski definition) is 5. The maximum atomic E-state index is 11.8.